The maximum atomic E-state index is 11.5. The normalized spacial score (nSPS) is 11.1. The highest BCUT2D eigenvalue weighted by molar-refractivity contribution is 5.75. The minimum absolute atomic E-state index is 0.280. The van der Waals surface area contributed by atoms with Gasteiger partial charge >= 0.3 is 6.09 Å². The zero-order valence-electron chi connectivity index (χ0n) is 21.0. The monoisotopic (exact) mass is 475 g/mol. The smallest absolute Gasteiger partial charge is 0.407 e. The molecule has 0 aromatic heterocycles. The van der Waals surface area contributed by atoms with Gasteiger partial charge in [0.1, 0.15) is 31.0 Å². The lowest BCUT2D eigenvalue weighted by Crippen LogP contribution is -2.46. The molecule has 184 valence electrons. The summed E-state index contributed by atoms with van der Waals surface area (Å²) in [7, 11) is 0. The van der Waals surface area contributed by atoms with Gasteiger partial charge in [0.05, 0.1) is 6.54 Å². The maximum Gasteiger partial charge on any atom is 0.407 e. The van der Waals surface area contributed by atoms with Crippen LogP contribution >= 0.6 is 0 Å². The quantitative estimate of drug-likeness (QED) is 0.357. The highest BCUT2D eigenvalue weighted by Gasteiger charge is 2.25. The summed E-state index contributed by atoms with van der Waals surface area (Å²) in [6.07, 6.45) is -0.143. The highest BCUT2D eigenvalue weighted by Crippen LogP contribution is 2.32. The van der Waals surface area contributed by atoms with Crippen molar-refractivity contribution in [2.24, 2.45) is 0 Å². The van der Waals surface area contributed by atoms with Gasteiger partial charge in [-0.1, -0.05) is 18.2 Å². The van der Waals surface area contributed by atoms with Crippen LogP contribution in [0, 0.1) is 13.8 Å². The third-order valence-electron chi connectivity index (χ3n) is 5.77. The first-order chi connectivity index (χ1) is 16.6. The second-order valence-corrected chi connectivity index (χ2v) is 9.56. The Kier molecular flexibility index (Phi) is 8.18. The van der Waals surface area contributed by atoms with Gasteiger partial charge in [0, 0.05) is 11.1 Å². The summed E-state index contributed by atoms with van der Waals surface area (Å²) in [5.74, 6) is 1.43. The number of nitrogens with zero attached hydrogens (tertiary/aromatic N) is 1. The lowest BCUT2D eigenvalue weighted by Gasteiger charge is -2.33. The van der Waals surface area contributed by atoms with Gasteiger partial charge in [-0.15, -0.1) is 0 Å². The predicted octanol–water partition coefficient (Wildman–Crippen LogP) is 6.52. The fourth-order valence-corrected chi connectivity index (χ4v) is 4.06. The second-order valence-electron chi connectivity index (χ2n) is 9.56. The number of hydrogen-bond acceptors (Lipinski definition) is 4. The van der Waals surface area contributed by atoms with Gasteiger partial charge in [-0.2, -0.15) is 0 Å². The number of carboxylic acid groups (broad SMARTS) is 1. The second kappa shape index (κ2) is 11.1. The molecule has 0 fully saturated rings. The first kappa shape index (κ1) is 25.8. The standard InChI is InChI=1S/C29H33NO5/c1-20-15-26(34-14-13-30(28(32)33)29(3,4)5)16-21(2)27(20)24-8-6-7-23(17-24)19-35-25-11-9-22(18-31)10-12-25/h6-12,15-18H,13-14,19H2,1-5H3,(H,32,33). The summed E-state index contributed by atoms with van der Waals surface area (Å²) in [6, 6.07) is 19.2. The lowest BCUT2D eigenvalue weighted by atomic mass is 9.94. The highest BCUT2D eigenvalue weighted by atomic mass is 16.5. The molecule has 1 amide bonds. The number of ether oxygens (including phenoxy) is 2. The van der Waals surface area contributed by atoms with Crippen LogP contribution in [-0.2, 0) is 6.61 Å². The van der Waals surface area contributed by atoms with Crippen molar-refractivity contribution in [2.75, 3.05) is 13.2 Å². The van der Waals surface area contributed by atoms with Crippen LogP contribution in [0.3, 0.4) is 0 Å². The van der Waals surface area contributed by atoms with Crippen molar-refractivity contribution in [3.63, 3.8) is 0 Å². The third-order valence-corrected chi connectivity index (χ3v) is 5.77. The largest absolute Gasteiger partial charge is 0.492 e. The molecule has 0 saturated carbocycles. The molecule has 0 spiro atoms. The van der Waals surface area contributed by atoms with E-state index in [0.29, 0.717) is 24.5 Å². The number of rotatable bonds is 9. The molecule has 0 atom stereocenters. The number of amides is 1. The van der Waals surface area contributed by atoms with Gasteiger partial charge in [-0.3, -0.25) is 4.79 Å². The molecule has 0 aliphatic carbocycles. The molecule has 1 N–H and O–H groups in total. The summed E-state index contributed by atoms with van der Waals surface area (Å²) in [5.41, 5.74) is 5.55. The van der Waals surface area contributed by atoms with E-state index in [4.69, 9.17) is 9.47 Å². The molecule has 0 aliphatic heterocycles. The van der Waals surface area contributed by atoms with E-state index in [2.05, 4.69) is 12.1 Å². The number of aldehydes is 1. The summed E-state index contributed by atoms with van der Waals surface area (Å²) in [5, 5.41) is 9.45. The molecule has 0 saturated heterocycles. The average molecular weight is 476 g/mol. The summed E-state index contributed by atoms with van der Waals surface area (Å²) >= 11 is 0. The predicted molar refractivity (Wildman–Crippen MR) is 137 cm³/mol. The summed E-state index contributed by atoms with van der Waals surface area (Å²) in [4.78, 5) is 23.7. The van der Waals surface area contributed by atoms with Gasteiger partial charge in [-0.25, -0.2) is 4.79 Å². The molecule has 3 aromatic carbocycles. The zero-order chi connectivity index (χ0) is 25.6. The van der Waals surface area contributed by atoms with Crippen LogP contribution < -0.4 is 9.47 Å². The number of hydrogen-bond donors (Lipinski definition) is 1. The SMILES string of the molecule is Cc1cc(OCCN(C(=O)O)C(C)(C)C)cc(C)c1-c1cccc(COc2ccc(C=O)cc2)c1. The van der Waals surface area contributed by atoms with E-state index >= 15 is 0 Å². The van der Waals surface area contributed by atoms with Crippen LogP contribution in [0.4, 0.5) is 4.79 Å². The number of carbonyl (C=O) groups excluding carboxylic acids is 1. The summed E-state index contributed by atoms with van der Waals surface area (Å²) in [6.45, 7) is 10.7. The summed E-state index contributed by atoms with van der Waals surface area (Å²) < 4.78 is 11.8. The van der Waals surface area contributed by atoms with E-state index in [9.17, 15) is 14.7 Å². The Morgan fingerprint density at radius 1 is 0.943 bits per heavy atom. The first-order valence-electron chi connectivity index (χ1n) is 11.6. The van der Waals surface area contributed by atoms with E-state index in [1.165, 1.54) is 4.90 Å². The molecule has 0 heterocycles. The van der Waals surface area contributed by atoms with E-state index in [1.807, 2.05) is 58.9 Å². The molecule has 0 bridgehead atoms. The van der Waals surface area contributed by atoms with Crippen LogP contribution in [0.25, 0.3) is 11.1 Å². The molecule has 35 heavy (non-hydrogen) atoms. The average Bonchev–Trinajstić information content (AvgIpc) is 2.79. The van der Waals surface area contributed by atoms with Crippen molar-refractivity contribution in [3.8, 4) is 22.6 Å². The lowest BCUT2D eigenvalue weighted by molar-refractivity contribution is 0.0891. The zero-order valence-corrected chi connectivity index (χ0v) is 21.0. The minimum Gasteiger partial charge on any atom is -0.492 e. The fourth-order valence-electron chi connectivity index (χ4n) is 4.06. The van der Waals surface area contributed by atoms with Gasteiger partial charge < -0.3 is 19.5 Å². The van der Waals surface area contributed by atoms with Crippen LogP contribution in [-0.4, -0.2) is 41.1 Å². The van der Waals surface area contributed by atoms with E-state index in [1.54, 1.807) is 24.3 Å². The van der Waals surface area contributed by atoms with Crippen molar-refractivity contribution in [3.05, 3.63) is 82.9 Å². The molecular formula is C29H33NO5. The Labute approximate surface area is 207 Å². The van der Waals surface area contributed by atoms with Crippen molar-refractivity contribution >= 4 is 12.4 Å². The Bertz CT molecular complexity index is 1160. The van der Waals surface area contributed by atoms with Crippen molar-refractivity contribution in [1.29, 1.82) is 0 Å². The van der Waals surface area contributed by atoms with Crippen molar-refractivity contribution in [2.45, 2.75) is 46.8 Å². The molecule has 6 heteroatoms. The molecule has 6 nitrogen and oxygen atoms in total. The topological polar surface area (TPSA) is 76.1 Å². The molecule has 0 radical (unpaired) electrons. The third kappa shape index (κ3) is 6.85. The Morgan fingerprint density at radius 2 is 1.60 bits per heavy atom. The first-order valence-corrected chi connectivity index (χ1v) is 11.6. The van der Waals surface area contributed by atoms with Crippen molar-refractivity contribution < 1.29 is 24.2 Å². The molecule has 3 rings (SSSR count). The van der Waals surface area contributed by atoms with Crippen LogP contribution in [0.2, 0.25) is 0 Å². The van der Waals surface area contributed by atoms with Gasteiger partial charge in [0.25, 0.3) is 0 Å². The number of benzene rings is 3. The van der Waals surface area contributed by atoms with Gasteiger partial charge in [0.15, 0.2) is 0 Å². The van der Waals surface area contributed by atoms with Crippen LogP contribution in [0.1, 0.15) is 47.8 Å². The van der Waals surface area contributed by atoms with Crippen LogP contribution in [0.5, 0.6) is 11.5 Å². The van der Waals surface area contributed by atoms with E-state index < -0.39 is 11.6 Å². The van der Waals surface area contributed by atoms with Crippen LogP contribution in [0.15, 0.2) is 60.7 Å². The molecule has 0 aliphatic rings. The number of carbonyl (C=O) groups is 2. The fraction of sp³-hybridized carbons (Fsp3) is 0.310. The van der Waals surface area contributed by atoms with E-state index in [-0.39, 0.29) is 6.61 Å². The Balaban J connectivity index is 1.69. The van der Waals surface area contributed by atoms with Gasteiger partial charge in [-0.05, 0) is 105 Å². The van der Waals surface area contributed by atoms with Gasteiger partial charge in [0.2, 0.25) is 0 Å². The number of aryl methyl sites for hydroxylation is 2. The minimum atomic E-state index is -0.953. The molecular weight excluding hydrogens is 442 g/mol. The maximum absolute atomic E-state index is 11.5. The van der Waals surface area contributed by atoms with Crippen molar-refractivity contribution in [1.82, 2.24) is 4.90 Å². The Hall–Kier alpha value is -3.80. The van der Waals surface area contributed by atoms with E-state index in [0.717, 1.165) is 39.9 Å². The molecule has 3 aromatic rings. The molecule has 0 unspecified atom stereocenters. The Morgan fingerprint density at radius 3 is 2.17 bits per heavy atom.